The van der Waals surface area contributed by atoms with Gasteiger partial charge in [-0.1, -0.05) is 15.9 Å². The van der Waals surface area contributed by atoms with Gasteiger partial charge in [0.2, 0.25) is 5.55 Å². The fourth-order valence-corrected chi connectivity index (χ4v) is 3.74. The van der Waals surface area contributed by atoms with Crippen molar-refractivity contribution < 1.29 is 23.5 Å². The zero-order chi connectivity index (χ0) is 21.8. The Morgan fingerprint density at radius 2 is 2.00 bits per heavy atom. The van der Waals surface area contributed by atoms with Gasteiger partial charge in [0.05, 0.1) is 24.5 Å². The second kappa shape index (κ2) is 9.45. The van der Waals surface area contributed by atoms with Gasteiger partial charge in [-0.2, -0.15) is 0 Å². The van der Waals surface area contributed by atoms with Crippen LogP contribution in [-0.4, -0.2) is 38.2 Å². The Morgan fingerprint density at radius 1 is 1.19 bits per heavy atom. The van der Waals surface area contributed by atoms with Crippen LogP contribution >= 0.6 is 15.9 Å². The Labute approximate surface area is 187 Å². The molecular weight excluding hydrogens is 464 g/mol. The highest BCUT2D eigenvalue weighted by molar-refractivity contribution is 9.10. The summed E-state index contributed by atoms with van der Waals surface area (Å²) in [4.78, 5) is 29.1. The third kappa shape index (κ3) is 5.03. The second-order valence-corrected chi connectivity index (χ2v) is 8.06. The van der Waals surface area contributed by atoms with Gasteiger partial charge in [-0.25, -0.2) is 9.79 Å². The predicted octanol–water partition coefficient (Wildman–Crippen LogP) is 4.12. The maximum Gasteiger partial charge on any atom is 0.337 e. The van der Waals surface area contributed by atoms with E-state index in [0.29, 0.717) is 28.9 Å². The van der Waals surface area contributed by atoms with Crippen molar-refractivity contribution in [2.45, 2.75) is 18.9 Å². The molecule has 8 heteroatoms. The number of ether oxygens (including phenoxy) is 2. The van der Waals surface area contributed by atoms with Crippen molar-refractivity contribution in [3.8, 4) is 0 Å². The van der Waals surface area contributed by atoms with Gasteiger partial charge in [0.25, 0.3) is 5.91 Å². The Balaban J connectivity index is 1.72. The van der Waals surface area contributed by atoms with E-state index < -0.39 is 5.97 Å². The summed E-state index contributed by atoms with van der Waals surface area (Å²) in [5, 5.41) is 3.70. The van der Waals surface area contributed by atoms with Crippen molar-refractivity contribution in [1.82, 2.24) is 5.32 Å². The van der Waals surface area contributed by atoms with Crippen LogP contribution in [0.4, 0.5) is 5.69 Å². The molecule has 1 aromatic heterocycles. The van der Waals surface area contributed by atoms with Crippen molar-refractivity contribution in [3.63, 3.8) is 0 Å². The molecule has 1 atom stereocenters. The molecule has 0 saturated carbocycles. The van der Waals surface area contributed by atoms with Crippen LogP contribution in [0.15, 0.2) is 62.4 Å². The molecule has 4 rings (SSSR count). The summed E-state index contributed by atoms with van der Waals surface area (Å²) in [6, 6.07) is 13.9. The number of methoxy groups -OCH3 is 1. The van der Waals surface area contributed by atoms with E-state index in [9.17, 15) is 9.59 Å². The topological polar surface area (TPSA) is 90.1 Å². The fourth-order valence-electron chi connectivity index (χ4n) is 3.36. The SMILES string of the molecule is COC(=O)c1ccc(N=c2oc3ccc(Br)cc3cc2C(=O)NC[C@H]2CCCO2)cc1. The molecule has 7 nitrogen and oxygen atoms in total. The number of fused-ring (bicyclic) bond motifs is 1. The Kier molecular flexibility index (Phi) is 6.48. The molecule has 3 aromatic rings. The number of esters is 1. The quantitative estimate of drug-likeness (QED) is 0.550. The van der Waals surface area contributed by atoms with Gasteiger partial charge in [0, 0.05) is 23.0 Å². The summed E-state index contributed by atoms with van der Waals surface area (Å²) in [7, 11) is 1.33. The van der Waals surface area contributed by atoms with Gasteiger partial charge < -0.3 is 19.2 Å². The summed E-state index contributed by atoms with van der Waals surface area (Å²) in [6.07, 6.45) is 1.96. The number of amides is 1. The molecule has 0 aliphatic carbocycles. The summed E-state index contributed by atoms with van der Waals surface area (Å²) in [5.41, 5.74) is 2.06. The molecule has 160 valence electrons. The number of halogens is 1. The highest BCUT2D eigenvalue weighted by atomic mass is 79.9. The number of nitrogens with zero attached hydrogens (tertiary/aromatic N) is 1. The molecular formula is C23H21BrN2O5. The third-order valence-electron chi connectivity index (χ3n) is 4.99. The van der Waals surface area contributed by atoms with E-state index in [1.165, 1.54) is 7.11 Å². The van der Waals surface area contributed by atoms with Crippen LogP contribution in [0.1, 0.15) is 33.6 Å². The number of hydrogen-bond acceptors (Lipinski definition) is 6. The van der Waals surface area contributed by atoms with Crippen LogP contribution in [0.2, 0.25) is 0 Å². The molecule has 2 heterocycles. The monoisotopic (exact) mass is 484 g/mol. The molecule has 0 radical (unpaired) electrons. The molecule has 0 unspecified atom stereocenters. The molecule has 1 N–H and O–H groups in total. The minimum Gasteiger partial charge on any atom is -0.465 e. The van der Waals surface area contributed by atoms with Crippen LogP contribution in [0, 0.1) is 0 Å². The van der Waals surface area contributed by atoms with Gasteiger partial charge in [0.1, 0.15) is 11.1 Å². The molecule has 1 saturated heterocycles. The minimum atomic E-state index is -0.429. The molecule has 1 amide bonds. The van der Waals surface area contributed by atoms with Crippen molar-refractivity contribution in [2.24, 2.45) is 4.99 Å². The lowest BCUT2D eigenvalue weighted by molar-refractivity contribution is 0.0600. The lowest BCUT2D eigenvalue weighted by Gasteiger charge is -2.11. The predicted molar refractivity (Wildman–Crippen MR) is 118 cm³/mol. The normalized spacial score (nSPS) is 16.5. The number of hydrogen-bond donors (Lipinski definition) is 1. The number of carbonyl (C=O) groups is 2. The van der Waals surface area contributed by atoms with Crippen molar-refractivity contribution in [1.29, 1.82) is 0 Å². The molecule has 1 aliphatic rings. The number of benzene rings is 2. The van der Waals surface area contributed by atoms with Crippen LogP contribution in [0.3, 0.4) is 0 Å². The third-order valence-corrected chi connectivity index (χ3v) is 5.48. The zero-order valence-corrected chi connectivity index (χ0v) is 18.5. The number of rotatable bonds is 5. The van der Waals surface area contributed by atoms with E-state index in [1.807, 2.05) is 18.2 Å². The Bertz CT molecular complexity index is 1180. The van der Waals surface area contributed by atoms with E-state index in [4.69, 9.17) is 13.9 Å². The summed E-state index contributed by atoms with van der Waals surface area (Å²) in [5.74, 6) is -0.715. The highest BCUT2D eigenvalue weighted by Gasteiger charge is 2.18. The van der Waals surface area contributed by atoms with Crippen LogP contribution < -0.4 is 10.9 Å². The Morgan fingerprint density at radius 3 is 2.71 bits per heavy atom. The molecule has 0 bridgehead atoms. The smallest absolute Gasteiger partial charge is 0.337 e. The maximum atomic E-state index is 13.0. The first-order valence-corrected chi connectivity index (χ1v) is 10.7. The first-order chi connectivity index (χ1) is 15.0. The molecule has 31 heavy (non-hydrogen) atoms. The van der Waals surface area contributed by atoms with Crippen LogP contribution in [-0.2, 0) is 9.47 Å². The van der Waals surface area contributed by atoms with Crippen molar-refractivity contribution in [3.05, 3.63) is 69.7 Å². The summed E-state index contributed by atoms with van der Waals surface area (Å²) in [6.45, 7) is 1.16. The van der Waals surface area contributed by atoms with E-state index in [-0.39, 0.29) is 17.6 Å². The molecule has 1 fully saturated rings. The van der Waals surface area contributed by atoms with E-state index in [2.05, 4.69) is 26.2 Å². The summed E-state index contributed by atoms with van der Waals surface area (Å²) >= 11 is 3.45. The largest absolute Gasteiger partial charge is 0.465 e. The number of carbonyl (C=O) groups excluding carboxylic acids is 2. The zero-order valence-electron chi connectivity index (χ0n) is 16.9. The van der Waals surface area contributed by atoms with Crippen molar-refractivity contribution in [2.75, 3.05) is 20.3 Å². The first kappa shape index (κ1) is 21.3. The van der Waals surface area contributed by atoms with Gasteiger partial charge in [0.15, 0.2) is 0 Å². The van der Waals surface area contributed by atoms with Gasteiger partial charge >= 0.3 is 5.97 Å². The minimum absolute atomic E-state index is 0.0294. The van der Waals surface area contributed by atoms with Gasteiger partial charge in [-0.3, -0.25) is 4.79 Å². The van der Waals surface area contributed by atoms with E-state index >= 15 is 0 Å². The fraction of sp³-hybridized carbons (Fsp3) is 0.261. The van der Waals surface area contributed by atoms with Gasteiger partial charge in [-0.05, 0) is 61.4 Å². The highest BCUT2D eigenvalue weighted by Crippen LogP contribution is 2.20. The first-order valence-electron chi connectivity index (χ1n) is 9.90. The molecule has 0 spiro atoms. The lowest BCUT2D eigenvalue weighted by Crippen LogP contribution is -2.34. The standard InChI is InChI=1S/C23H21BrN2O5/c1-29-23(28)14-4-7-17(8-5-14)26-22-19(21(27)25-13-18-3-2-10-30-18)12-15-11-16(24)6-9-20(15)31-22/h4-9,11-12,18H,2-3,10,13H2,1H3,(H,25,27)/t18-/m1/s1. The Hall–Kier alpha value is -2.97. The molecule has 2 aromatic carbocycles. The average Bonchev–Trinajstić information content (AvgIpc) is 3.31. The average molecular weight is 485 g/mol. The maximum absolute atomic E-state index is 13.0. The van der Waals surface area contributed by atoms with Crippen LogP contribution in [0.25, 0.3) is 11.0 Å². The van der Waals surface area contributed by atoms with Crippen LogP contribution in [0.5, 0.6) is 0 Å². The van der Waals surface area contributed by atoms with E-state index in [1.54, 1.807) is 30.3 Å². The van der Waals surface area contributed by atoms with Gasteiger partial charge in [-0.15, -0.1) is 0 Å². The van der Waals surface area contributed by atoms with E-state index in [0.717, 1.165) is 29.3 Å². The second-order valence-electron chi connectivity index (χ2n) is 7.14. The lowest BCUT2D eigenvalue weighted by atomic mass is 10.1. The number of nitrogens with one attached hydrogen (secondary N) is 1. The van der Waals surface area contributed by atoms with Crippen molar-refractivity contribution >= 4 is 44.5 Å². The molecule has 1 aliphatic heterocycles. The summed E-state index contributed by atoms with van der Waals surface area (Å²) < 4.78 is 17.2.